The first-order chi connectivity index (χ1) is 9.70. The van der Waals surface area contributed by atoms with Crippen LogP contribution >= 0.6 is 11.6 Å². The molecule has 0 spiro atoms. The van der Waals surface area contributed by atoms with Gasteiger partial charge in [-0.3, -0.25) is 0 Å². The van der Waals surface area contributed by atoms with Crippen LogP contribution < -0.4 is 5.73 Å². The first kappa shape index (κ1) is 13.0. The second-order valence-corrected chi connectivity index (χ2v) is 4.94. The van der Waals surface area contributed by atoms with E-state index in [2.05, 4.69) is 4.98 Å². The number of aliphatic hydroxyl groups is 1. The van der Waals surface area contributed by atoms with E-state index in [1.165, 1.54) is 0 Å². The molecule has 2 aromatic carbocycles. The first-order valence-corrected chi connectivity index (χ1v) is 6.70. The highest BCUT2D eigenvalue weighted by Crippen LogP contribution is 2.29. The van der Waals surface area contributed by atoms with Crippen molar-refractivity contribution in [2.75, 3.05) is 12.3 Å². The summed E-state index contributed by atoms with van der Waals surface area (Å²) in [6.45, 7) is 0.536. The van der Waals surface area contributed by atoms with E-state index in [-0.39, 0.29) is 6.61 Å². The van der Waals surface area contributed by atoms with Crippen molar-refractivity contribution < 1.29 is 5.11 Å². The minimum atomic E-state index is 0.0516. The third kappa shape index (κ3) is 2.13. The summed E-state index contributed by atoms with van der Waals surface area (Å²) in [6, 6.07) is 13.3. The molecule has 102 valence electrons. The van der Waals surface area contributed by atoms with Crippen LogP contribution in [0.3, 0.4) is 0 Å². The summed E-state index contributed by atoms with van der Waals surface area (Å²) in [5, 5.41) is 9.78. The highest BCUT2D eigenvalue weighted by atomic mass is 35.5. The van der Waals surface area contributed by atoms with E-state index in [1.807, 2.05) is 34.9 Å². The van der Waals surface area contributed by atoms with E-state index in [0.717, 1.165) is 22.4 Å². The lowest BCUT2D eigenvalue weighted by atomic mass is 10.2. The summed E-state index contributed by atoms with van der Waals surface area (Å²) in [5.41, 5.74) is 9.05. The van der Waals surface area contributed by atoms with Crippen molar-refractivity contribution in [1.29, 1.82) is 0 Å². The van der Waals surface area contributed by atoms with Crippen LogP contribution in [0, 0.1) is 0 Å². The number of fused-ring (bicyclic) bond motifs is 1. The topological polar surface area (TPSA) is 64.1 Å². The van der Waals surface area contributed by atoms with E-state index in [0.29, 0.717) is 17.3 Å². The predicted molar refractivity (Wildman–Crippen MR) is 81.7 cm³/mol. The van der Waals surface area contributed by atoms with Gasteiger partial charge in [-0.05, 0) is 30.3 Å². The van der Waals surface area contributed by atoms with Gasteiger partial charge in [-0.2, -0.15) is 0 Å². The lowest BCUT2D eigenvalue weighted by Gasteiger charge is -2.08. The molecule has 0 aliphatic heterocycles. The molecule has 0 fully saturated rings. The van der Waals surface area contributed by atoms with E-state index in [4.69, 9.17) is 17.3 Å². The number of rotatable bonds is 3. The molecule has 0 bridgehead atoms. The second kappa shape index (κ2) is 5.15. The molecule has 0 saturated heterocycles. The minimum absolute atomic E-state index is 0.0516. The monoisotopic (exact) mass is 287 g/mol. The van der Waals surface area contributed by atoms with Crippen molar-refractivity contribution in [3.05, 3.63) is 47.5 Å². The first-order valence-electron chi connectivity index (χ1n) is 6.32. The predicted octanol–water partition coefficient (Wildman–Crippen LogP) is 2.93. The fourth-order valence-corrected chi connectivity index (χ4v) is 2.47. The van der Waals surface area contributed by atoms with Crippen LogP contribution in [-0.2, 0) is 6.54 Å². The molecule has 1 heterocycles. The van der Waals surface area contributed by atoms with Crippen LogP contribution in [-0.4, -0.2) is 21.3 Å². The molecular weight excluding hydrogens is 274 g/mol. The van der Waals surface area contributed by atoms with Crippen molar-refractivity contribution in [2.24, 2.45) is 0 Å². The van der Waals surface area contributed by atoms with Gasteiger partial charge in [0.05, 0.1) is 28.4 Å². The van der Waals surface area contributed by atoms with E-state index in [1.54, 1.807) is 12.1 Å². The van der Waals surface area contributed by atoms with Crippen LogP contribution in [0.25, 0.3) is 22.4 Å². The molecule has 4 nitrogen and oxygen atoms in total. The molecule has 0 aliphatic carbocycles. The van der Waals surface area contributed by atoms with Gasteiger partial charge >= 0.3 is 0 Å². The summed E-state index contributed by atoms with van der Waals surface area (Å²) >= 11 is 6.08. The van der Waals surface area contributed by atoms with Gasteiger partial charge in [0, 0.05) is 12.1 Å². The van der Waals surface area contributed by atoms with Gasteiger partial charge in [-0.25, -0.2) is 4.98 Å². The van der Waals surface area contributed by atoms with Gasteiger partial charge < -0.3 is 15.4 Å². The van der Waals surface area contributed by atoms with Crippen LogP contribution in [0.15, 0.2) is 42.5 Å². The fraction of sp³-hybridized carbons (Fsp3) is 0.133. The van der Waals surface area contributed by atoms with Gasteiger partial charge in [-0.1, -0.05) is 23.7 Å². The van der Waals surface area contributed by atoms with Gasteiger partial charge in [0.25, 0.3) is 0 Å². The lowest BCUT2D eigenvalue weighted by molar-refractivity contribution is 0.278. The number of halogens is 1. The maximum atomic E-state index is 9.27. The van der Waals surface area contributed by atoms with Crippen LogP contribution in [0.1, 0.15) is 0 Å². The average molecular weight is 288 g/mol. The standard InChI is InChI=1S/C15H14ClN3O/c16-11-9-10(5-6-12(11)17)15-18-13-3-1-2-4-14(13)19(15)7-8-20/h1-6,9,20H,7-8,17H2. The number of hydrogen-bond acceptors (Lipinski definition) is 3. The minimum Gasteiger partial charge on any atom is -0.398 e. The van der Waals surface area contributed by atoms with Gasteiger partial charge in [-0.15, -0.1) is 0 Å². The molecule has 0 unspecified atom stereocenters. The number of nitrogens with two attached hydrogens (primary N) is 1. The van der Waals surface area contributed by atoms with Gasteiger partial charge in [0.1, 0.15) is 5.82 Å². The molecule has 0 saturated carbocycles. The van der Waals surface area contributed by atoms with E-state index in [9.17, 15) is 5.11 Å². The number of nitrogens with zero attached hydrogens (tertiary/aromatic N) is 2. The van der Waals surface area contributed by atoms with E-state index < -0.39 is 0 Å². The molecule has 3 rings (SSSR count). The maximum Gasteiger partial charge on any atom is 0.141 e. The van der Waals surface area contributed by atoms with Crippen molar-refractivity contribution in [3.8, 4) is 11.4 Å². The number of nitrogen functional groups attached to an aromatic ring is 1. The Morgan fingerprint density at radius 2 is 2.00 bits per heavy atom. The Balaban J connectivity index is 2.23. The zero-order chi connectivity index (χ0) is 14.1. The SMILES string of the molecule is Nc1ccc(-c2nc3ccccc3n2CCO)cc1Cl. The fourth-order valence-electron chi connectivity index (χ4n) is 2.29. The Kier molecular flexibility index (Phi) is 3.34. The average Bonchev–Trinajstić information content (AvgIpc) is 2.82. The summed E-state index contributed by atoms with van der Waals surface area (Å²) in [6.07, 6.45) is 0. The number of aromatic nitrogens is 2. The van der Waals surface area contributed by atoms with Crippen molar-refractivity contribution in [2.45, 2.75) is 6.54 Å². The molecule has 0 aliphatic rings. The van der Waals surface area contributed by atoms with Crippen molar-refractivity contribution in [1.82, 2.24) is 9.55 Å². The third-order valence-electron chi connectivity index (χ3n) is 3.24. The molecule has 0 atom stereocenters. The molecule has 5 heteroatoms. The van der Waals surface area contributed by atoms with Gasteiger partial charge in [0.2, 0.25) is 0 Å². The van der Waals surface area contributed by atoms with Crippen molar-refractivity contribution in [3.63, 3.8) is 0 Å². The quantitative estimate of drug-likeness (QED) is 0.728. The van der Waals surface area contributed by atoms with Crippen LogP contribution in [0.4, 0.5) is 5.69 Å². The number of hydrogen-bond donors (Lipinski definition) is 2. The Morgan fingerprint density at radius 1 is 1.20 bits per heavy atom. The normalized spacial score (nSPS) is 11.1. The molecule has 3 N–H and O–H groups in total. The summed E-state index contributed by atoms with van der Waals surface area (Å²) in [5.74, 6) is 0.780. The zero-order valence-corrected chi connectivity index (χ0v) is 11.5. The smallest absolute Gasteiger partial charge is 0.141 e. The Hall–Kier alpha value is -2.04. The zero-order valence-electron chi connectivity index (χ0n) is 10.8. The Morgan fingerprint density at radius 3 is 2.75 bits per heavy atom. The van der Waals surface area contributed by atoms with Crippen LogP contribution in [0.5, 0.6) is 0 Å². The molecule has 1 aromatic heterocycles. The van der Waals surface area contributed by atoms with Gasteiger partial charge in [0.15, 0.2) is 0 Å². The summed E-state index contributed by atoms with van der Waals surface area (Å²) < 4.78 is 1.98. The van der Waals surface area contributed by atoms with Crippen molar-refractivity contribution >= 4 is 28.3 Å². The Labute approximate surface area is 121 Å². The summed E-state index contributed by atoms with van der Waals surface area (Å²) in [4.78, 5) is 4.62. The highest BCUT2D eigenvalue weighted by molar-refractivity contribution is 6.33. The molecule has 0 amide bonds. The number of anilines is 1. The Bertz CT molecular complexity index is 767. The number of benzene rings is 2. The van der Waals surface area contributed by atoms with Crippen LogP contribution in [0.2, 0.25) is 5.02 Å². The number of aliphatic hydroxyl groups excluding tert-OH is 1. The largest absolute Gasteiger partial charge is 0.398 e. The summed E-state index contributed by atoms with van der Waals surface area (Å²) in [7, 11) is 0. The van der Waals surface area contributed by atoms with E-state index >= 15 is 0 Å². The molecular formula is C15H14ClN3O. The highest BCUT2D eigenvalue weighted by Gasteiger charge is 2.12. The number of imidazole rings is 1. The third-order valence-corrected chi connectivity index (χ3v) is 3.56. The second-order valence-electron chi connectivity index (χ2n) is 4.54. The lowest BCUT2D eigenvalue weighted by Crippen LogP contribution is -2.04. The maximum absolute atomic E-state index is 9.27. The number of para-hydroxylation sites is 2. The molecule has 0 radical (unpaired) electrons. The molecule has 20 heavy (non-hydrogen) atoms. The molecule has 3 aromatic rings.